The van der Waals surface area contributed by atoms with Crippen molar-refractivity contribution in [2.45, 2.75) is 13.0 Å². The molecule has 0 bridgehead atoms. The molecule has 2 heterocycles. The quantitative estimate of drug-likeness (QED) is 0.919. The second kappa shape index (κ2) is 7.33. The van der Waals surface area contributed by atoms with Crippen LogP contribution in [0.25, 0.3) is 0 Å². The fourth-order valence-corrected chi connectivity index (χ4v) is 2.80. The molecule has 0 spiro atoms. The standard InChI is InChI=1S/C18H23N3O2/c1-14(16-5-3-4-6-17(16)22-2)20-18-8-7-15(13-19-18)21-9-11-23-12-10-21/h3-8,13-14H,9-12H2,1-2H3,(H,19,20). The third kappa shape index (κ3) is 3.74. The van der Waals surface area contributed by atoms with Crippen molar-refractivity contribution in [1.29, 1.82) is 0 Å². The van der Waals surface area contributed by atoms with Gasteiger partial charge in [-0.05, 0) is 25.1 Å². The molecule has 122 valence electrons. The Kier molecular flexibility index (Phi) is 4.98. The molecule has 1 aromatic carbocycles. The van der Waals surface area contributed by atoms with Crippen molar-refractivity contribution in [3.8, 4) is 5.75 Å². The number of methoxy groups -OCH3 is 1. The zero-order valence-corrected chi connectivity index (χ0v) is 13.7. The van der Waals surface area contributed by atoms with Crippen LogP contribution >= 0.6 is 0 Å². The van der Waals surface area contributed by atoms with E-state index in [1.54, 1.807) is 7.11 Å². The minimum atomic E-state index is 0.118. The first-order valence-electron chi connectivity index (χ1n) is 7.96. The number of aromatic nitrogens is 1. The molecule has 3 rings (SSSR count). The third-order valence-electron chi connectivity index (χ3n) is 4.09. The van der Waals surface area contributed by atoms with Crippen LogP contribution in [0.4, 0.5) is 11.5 Å². The number of anilines is 2. The fourth-order valence-electron chi connectivity index (χ4n) is 2.80. The number of ether oxygens (including phenoxy) is 2. The molecule has 23 heavy (non-hydrogen) atoms. The van der Waals surface area contributed by atoms with Gasteiger partial charge in [-0.25, -0.2) is 4.98 Å². The van der Waals surface area contributed by atoms with Crippen LogP contribution in [0.5, 0.6) is 5.75 Å². The number of pyridine rings is 1. The van der Waals surface area contributed by atoms with Crippen molar-refractivity contribution in [3.63, 3.8) is 0 Å². The van der Waals surface area contributed by atoms with E-state index in [-0.39, 0.29) is 6.04 Å². The van der Waals surface area contributed by atoms with E-state index in [1.807, 2.05) is 30.5 Å². The fraction of sp³-hybridized carbons (Fsp3) is 0.389. The van der Waals surface area contributed by atoms with E-state index < -0.39 is 0 Å². The topological polar surface area (TPSA) is 46.6 Å². The van der Waals surface area contributed by atoms with E-state index >= 15 is 0 Å². The highest BCUT2D eigenvalue weighted by atomic mass is 16.5. The first-order chi connectivity index (χ1) is 11.3. The van der Waals surface area contributed by atoms with Crippen molar-refractivity contribution in [1.82, 2.24) is 4.98 Å². The molecule has 1 aliphatic rings. The molecule has 1 aromatic heterocycles. The summed E-state index contributed by atoms with van der Waals surface area (Å²) >= 11 is 0. The molecule has 0 aliphatic carbocycles. The van der Waals surface area contributed by atoms with Gasteiger partial charge in [0.1, 0.15) is 11.6 Å². The number of rotatable bonds is 5. The highest BCUT2D eigenvalue weighted by Crippen LogP contribution is 2.27. The van der Waals surface area contributed by atoms with Crippen LogP contribution in [0.15, 0.2) is 42.6 Å². The maximum Gasteiger partial charge on any atom is 0.126 e. The lowest BCUT2D eigenvalue weighted by atomic mass is 10.1. The second-order valence-electron chi connectivity index (χ2n) is 5.61. The van der Waals surface area contributed by atoms with Gasteiger partial charge in [0.2, 0.25) is 0 Å². The Morgan fingerprint density at radius 2 is 1.96 bits per heavy atom. The number of hydrogen-bond acceptors (Lipinski definition) is 5. The van der Waals surface area contributed by atoms with Crippen LogP contribution in [-0.2, 0) is 4.74 Å². The lowest BCUT2D eigenvalue weighted by molar-refractivity contribution is 0.122. The zero-order chi connectivity index (χ0) is 16.1. The first kappa shape index (κ1) is 15.6. The Morgan fingerprint density at radius 3 is 2.65 bits per heavy atom. The van der Waals surface area contributed by atoms with Gasteiger partial charge in [-0.15, -0.1) is 0 Å². The minimum absolute atomic E-state index is 0.118. The normalized spacial score (nSPS) is 16.0. The summed E-state index contributed by atoms with van der Waals surface area (Å²) in [6.45, 7) is 5.52. The molecule has 0 radical (unpaired) electrons. The summed E-state index contributed by atoms with van der Waals surface area (Å²) in [4.78, 5) is 6.84. The Morgan fingerprint density at radius 1 is 1.17 bits per heavy atom. The predicted molar refractivity (Wildman–Crippen MR) is 92.3 cm³/mol. The highest BCUT2D eigenvalue weighted by Gasteiger charge is 2.13. The average molecular weight is 313 g/mol. The van der Waals surface area contributed by atoms with Crippen molar-refractivity contribution >= 4 is 11.5 Å². The second-order valence-corrected chi connectivity index (χ2v) is 5.61. The maximum absolute atomic E-state index is 5.42. The molecule has 1 saturated heterocycles. The molecule has 2 aromatic rings. The minimum Gasteiger partial charge on any atom is -0.496 e. The first-order valence-corrected chi connectivity index (χ1v) is 7.96. The lowest BCUT2D eigenvalue weighted by Crippen LogP contribution is -2.36. The number of nitrogens with one attached hydrogen (secondary N) is 1. The third-order valence-corrected chi connectivity index (χ3v) is 4.09. The van der Waals surface area contributed by atoms with Gasteiger partial charge in [0.05, 0.1) is 38.2 Å². The molecule has 0 amide bonds. The molecule has 0 saturated carbocycles. The average Bonchev–Trinajstić information content (AvgIpc) is 2.63. The van der Waals surface area contributed by atoms with Crippen LogP contribution in [-0.4, -0.2) is 38.4 Å². The van der Waals surface area contributed by atoms with Gasteiger partial charge in [0, 0.05) is 18.7 Å². The van der Waals surface area contributed by atoms with Gasteiger partial charge in [-0.3, -0.25) is 0 Å². The molecule has 5 nitrogen and oxygen atoms in total. The van der Waals surface area contributed by atoms with Gasteiger partial charge in [0.25, 0.3) is 0 Å². The molecule has 1 unspecified atom stereocenters. The summed E-state index contributed by atoms with van der Waals surface area (Å²) in [5.74, 6) is 1.75. The zero-order valence-electron chi connectivity index (χ0n) is 13.7. The van der Waals surface area contributed by atoms with Gasteiger partial charge in [0.15, 0.2) is 0 Å². The smallest absolute Gasteiger partial charge is 0.126 e. The largest absolute Gasteiger partial charge is 0.496 e. The number of para-hydroxylation sites is 1. The number of hydrogen-bond donors (Lipinski definition) is 1. The van der Waals surface area contributed by atoms with Crippen LogP contribution in [0, 0.1) is 0 Å². The summed E-state index contributed by atoms with van der Waals surface area (Å²) in [5.41, 5.74) is 2.26. The van der Waals surface area contributed by atoms with Gasteiger partial charge in [-0.2, -0.15) is 0 Å². The van der Waals surface area contributed by atoms with E-state index in [4.69, 9.17) is 9.47 Å². The van der Waals surface area contributed by atoms with E-state index in [0.29, 0.717) is 0 Å². The SMILES string of the molecule is COc1ccccc1C(C)Nc1ccc(N2CCOCC2)cn1. The van der Waals surface area contributed by atoms with Crippen LogP contribution in [0.2, 0.25) is 0 Å². The molecule has 1 aliphatic heterocycles. The number of benzene rings is 1. The number of nitrogens with zero attached hydrogens (tertiary/aromatic N) is 2. The molecule has 1 N–H and O–H groups in total. The lowest BCUT2D eigenvalue weighted by Gasteiger charge is -2.28. The molecule has 1 fully saturated rings. The van der Waals surface area contributed by atoms with Crippen LogP contribution < -0.4 is 15.0 Å². The van der Waals surface area contributed by atoms with Gasteiger partial charge < -0.3 is 19.7 Å². The van der Waals surface area contributed by atoms with Crippen LogP contribution in [0.1, 0.15) is 18.5 Å². The van der Waals surface area contributed by atoms with Crippen molar-refractivity contribution < 1.29 is 9.47 Å². The highest BCUT2D eigenvalue weighted by molar-refractivity contribution is 5.51. The van der Waals surface area contributed by atoms with E-state index in [1.165, 1.54) is 0 Å². The van der Waals surface area contributed by atoms with Gasteiger partial charge >= 0.3 is 0 Å². The molecular weight excluding hydrogens is 290 g/mol. The monoisotopic (exact) mass is 313 g/mol. The number of morpholine rings is 1. The molecular formula is C18H23N3O2. The van der Waals surface area contributed by atoms with Gasteiger partial charge in [-0.1, -0.05) is 18.2 Å². The molecule has 5 heteroatoms. The van der Waals surface area contributed by atoms with Crippen molar-refractivity contribution in [2.75, 3.05) is 43.6 Å². The van der Waals surface area contributed by atoms with E-state index in [0.717, 1.165) is 49.1 Å². The summed E-state index contributed by atoms with van der Waals surface area (Å²) in [5, 5.41) is 3.43. The van der Waals surface area contributed by atoms with Crippen molar-refractivity contribution in [3.05, 3.63) is 48.2 Å². The van der Waals surface area contributed by atoms with E-state index in [9.17, 15) is 0 Å². The van der Waals surface area contributed by atoms with E-state index in [2.05, 4.69) is 34.3 Å². The Labute approximate surface area is 137 Å². The Hall–Kier alpha value is -2.27. The summed E-state index contributed by atoms with van der Waals surface area (Å²) in [7, 11) is 1.70. The summed E-state index contributed by atoms with van der Waals surface area (Å²) in [6, 6.07) is 12.3. The summed E-state index contributed by atoms with van der Waals surface area (Å²) in [6.07, 6.45) is 1.92. The Bertz CT molecular complexity index is 624. The van der Waals surface area contributed by atoms with Crippen molar-refractivity contribution in [2.24, 2.45) is 0 Å². The predicted octanol–water partition coefficient (Wildman–Crippen LogP) is 3.10. The van der Waals surface area contributed by atoms with Crippen LogP contribution in [0.3, 0.4) is 0 Å². The Balaban J connectivity index is 1.68. The molecule has 1 atom stereocenters. The maximum atomic E-state index is 5.42. The summed E-state index contributed by atoms with van der Waals surface area (Å²) < 4.78 is 10.8.